The van der Waals surface area contributed by atoms with Gasteiger partial charge < -0.3 is 5.73 Å². The van der Waals surface area contributed by atoms with Gasteiger partial charge in [-0.05, 0) is 11.1 Å². The van der Waals surface area contributed by atoms with E-state index >= 15 is 0 Å². The van der Waals surface area contributed by atoms with Crippen molar-refractivity contribution in [3.63, 3.8) is 0 Å². The minimum Gasteiger partial charge on any atom is -0.326 e. The van der Waals surface area contributed by atoms with Crippen molar-refractivity contribution >= 4 is 19.9 Å². The molecule has 0 fully saturated rings. The predicted octanol–water partition coefficient (Wildman–Crippen LogP) is 0.342. The zero-order valence-electron chi connectivity index (χ0n) is 12.3. The van der Waals surface area contributed by atoms with E-state index < -0.39 is 25.6 Å². The van der Waals surface area contributed by atoms with Crippen LogP contribution in [0.5, 0.6) is 0 Å². The highest BCUT2D eigenvalue weighted by Gasteiger charge is 2.23. The Labute approximate surface area is 126 Å². The highest BCUT2D eigenvalue weighted by atomic mass is 32.2. The summed E-state index contributed by atoms with van der Waals surface area (Å²) in [5.41, 5.74) is 7.37. The van der Waals surface area contributed by atoms with Gasteiger partial charge in [0.2, 0.25) is 10.0 Å². The second kappa shape index (κ2) is 7.35. The molecule has 0 aromatic heterocycles. The minimum atomic E-state index is -3.62. The lowest BCUT2D eigenvalue weighted by molar-refractivity contribution is 0.423. The van der Waals surface area contributed by atoms with Crippen molar-refractivity contribution in [2.75, 3.05) is 24.3 Å². The maximum absolute atomic E-state index is 12.2. The fourth-order valence-electron chi connectivity index (χ4n) is 1.89. The van der Waals surface area contributed by atoms with Crippen molar-refractivity contribution in [3.8, 4) is 0 Å². The van der Waals surface area contributed by atoms with Crippen molar-refractivity contribution in [3.05, 3.63) is 35.4 Å². The van der Waals surface area contributed by atoms with Crippen LogP contribution in [0.1, 0.15) is 18.1 Å². The number of nitrogens with two attached hydrogens (primary N) is 1. The molecule has 1 rings (SSSR count). The highest BCUT2D eigenvalue weighted by molar-refractivity contribution is 7.93. The van der Waals surface area contributed by atoms with Gasteiger partial charge in [0.05, 0.1) is 11.5 Å². The molecule has 8 heteroatoms. The van der Waals surface area contributed by atoms with Crippen LogP contribution in [0.2, 0.25) is 0 Å². The third kappa shape index (κ3) is 5.74. The molecule has 6 nitrogen and oxygen atoms in total. The summed E-state index contributed by atoms with van der Waals surface area (Å²) in [5, 5.41) is 0. The first-order valence-electron chi connectivity index (χ1n) is 6.62. The molecule has 1 aromatic carbocycles. The Morgan fingerprint density at radius 1 is 1.05 bits per heavy atom. The van der Waals surface area contributed by atoms with Gasteiger partial charge in [-0.25, -0.2) is 16.8 Å². The summed E-state index contributed by atoms with van der Waals surface area (Å²) < 4.78 is 48.1. The van der Waals surface area contributed by atoms with E-state index in [1.165, 1.54) is 4.31 Å². The van der Waals surface area contributed by atoms with Crippen LogP contribution in [0.15, 0.2) is 24.3 Å². The summed E-state index contributed by atoms with van der Waals surface area (Å²) in [6.45, 7) is 2.54. The van der Waals surface area contributed by atoms with Crippen LogP contribution in [0.3, 0.4) is 0 Å². The number of benzene rings is 1. The van der Waals surface area contributed by atoms with E-state index in [0.717, 1.165) is 17.4 Å². The largest absolute Gasteiger partial charge is 0.326 e. The fourth-order valence-corrected chi connectivity index (χ4v) is 4.93. The zero-order valence-corrected chi connectivity index (χ0v) is 14.0. The third-order valence-corrected chi connectivity index (χ3v) is 6.24. The molecule has 1 aromatic rings. The number of nitrogens with zero attached hydrogens (tertiary/aromatic N) is 1. The lowest BCUT2D eigenvalue weighted by atomic mass is 10.1. The normalized spacial score (nSPS) is 12.8. The quantitative estimate of drug-likeness (QED) is 0.739. The van der Waals surface area contributed by atoms with Crippen molar-refractivity contribution in [2.24, 2.45) is 5.73 Å². The van der Waals surface area contributed by atoms with Crippen molar-refractivity contribution < 1.29 is 16.8 Å². The highest BCUT2D eigenvalue weighted by Crippen LogP contribution is 2.14. The Bertz CT molecular complexity index is 669. The molecule has 0 aliphatic carbocycles. The number of sulfonamides is 1. The number of hydrogen-bond donors (Lipinski definition) is 1. The van der Waals surface area contributed by atoms with Gasteiger partial charge in [-0.2, -0.15) is 4.31 Å². The summed E-state index contributed by atoms with van der Waals surface area (Å²) in [4.78, 5) is 0. The maximum Gasteiger partial charge on any atom is 0.215 e. The number of sulfone groups is 1. The van der Waals surface area contributed by atoms with E-state index in [2.05, 4.69) is 0 Å². The van der Waals surface area contributed by atoms with Crippen LogP contribution in [-0.4, -0.2) is 45.4 Å². The fraction of sp³-hybridized carbons (Fsp3) is 0.538. The third-order valence-electron chi connectivity index (χ3n) is 3.14. The van der Waals surface area contributed by atoms with E-state index in [0.29, 0.717) is 6.54 Å². The molecular formula is C13H22N2O4S2. The molecule has 0 amide bonds. The van der Waals surface area contributed by atoms with Gasteiger partial charge in [0, 0.05) is 25.9 Å². The molecule has 0 saturated carbocycles. The van der Waals surface area contributed by atoms with Gasteiger partial charge in [-0.1, -0.05) is 31.2 Å². The Morgan fingerprint density at radius 3 is 2.10 bits per heavy atom. The van der Waals surface area contributed by atoms with Crippen LogP contribution in [0.4, 0.5) is 0 Å². The van der Waals surface area contributed by atoms with Crippen LogP contribution in [-0.2, 0) is 33.0 Å². The van der Waals surface area contributed by atoms with Gasteiger partial charge in [0.15, 0.2) is 0 Å². The average Bonchev–Trinajstić information content (AvgIpc) is 2.42. The molecule has 0 bridgehead atoms. The van der Waals surface area contributed by atoms with E-state index in [9.17, 15) is 16.8 Å². The summed E-state index contributed by atoms with van der Waals surface area (Å²) in [5.74, 6) is -0.769. The van der Waals surface area contributed by atoms with E-state index in [4.69, 9.17) is 5.73 Å². The molecule has 0 spiro atoms. The van der Waals surface area contributed by atoms with Gasteiger partial charge in [0.25, 0.3) is 0 Å². The summed E-state index contributed by atoms with van der Waals surface area (Å²) in [7, 11) is -6.93. The molecule has 0 aliphatic heterocycles. The molecule has 120 valence electrons. The Balaban J connectivity index is 2.92. The van der Waals surface area contributed by atoms with Gasteiger partial charge in [-0.15, -0.1) is 0 Å². The molecule has 0 atom stereocenters. The maximum atomic E-state index is 12.2. The number of rotatable bonds is 8. The first-order valence-corrected chi connectivity index (χ1v) is 10.3. The van der Waals surface area contributed by atoms with Gasteiger partial charge in [-0.3, -0.25) is 0 Å². The SMILES string of the molecule is CCN(Cc1ccccc1CN)S(=O)(=O)CCS(C)(=O)=O. The van der Waals surface area contributed by atoms with Crippen molar-refractivity contribution in [1.29, 1.82) is 0 Å². The molecular weight excluding hydrogens is 312 g/mol. The molecule has 0 radical (unpaired) electrons. The lowest BCUT2D eigenvalue weighted by Gasteiger charge is -2.21. The molecule has 0 heterocycles. The summed E-state index contributed by atoms with van der Waals surface area (Å²) in [6, 6.07) is 7.36. The Morgan fingerprint density at radius 2 is 1.62 bits per heavy atom. The second-order valence-corrected chi connectivity index (χ2v) is 9.19. The standard InChI is InChI=1S/C13H22N2O4S2/c1-3-15(21(18,19)9-8-20(2,16)17)11-13-7-5-4-6-12(13)10-14/h4-7H,3,8-11,14H2,1-2H3. The molecule has 0 saturated heterocycles. The second-order valence-electron chi connectivity index (χ2n) is 4.84. The average molecular weight is 334 g/mol. The Kier molecular flexibility index (Phi) is 6.33. The zero-order chi connectivity index (χ0) is 16.1. The van der Waals surface area contributed by atoms with E-state index in [1.54, 1.807) is 6.92 Å². The van der Waals surface area contributed by atoms with Gasteiger partial charge in [0.1, 0.15) is 9.84 Å². The van der Waals surface area contributed by atoms with Crippen LogP contribution in [0, 0.1) is 0 Å². The van der Waals surface area contributed by atoms with E-state index in [1.807, 2.05) is 24.3 Å². The van der Waals surface area contributed by atoms with Crippen LogP contribution < -0.4 is 5.73 Å². The topological polar surface area (TPSA) is 97.5 Å². The lowest BCUT2D eigenvalue weighted by Crippen LogP contribution is -2.34. The van der Waals surface area contributed by atoms with Crippen molar-refractivity contribution in [1.82, 2.24) is 4.31 Å². The van der Waals surface area contributed by atoms with Crippen LogP contribution in [0.25, 0.3) is 0 Å². The minimum absolute atomic E-state index is 0.204. The predicted molar refractivity (Wildman–Crippen MR) is 83.9 cm³/mol. The smallest absolute Gasteiger partial charge is 0.215 e. The van der Waals surface area contributed by atoms with Crippen molar-refractivity contribution in [2.45, 2.75) is 20.0 Å². The molecule has 21 heavy (non-hydrogen) atoms. The van der Waals surface area contributed by atoms with Crippen LogP contribution >= 0.6 is 0 Å². The number of hydrogen-bond acceptors (Lipinski definition) is 5. The molecule has 0 aliphatic rings. The van der Waals surface area contributed by atoms with E-state index in [-0.39, 0.29) is 18.8 Å². The summed E-state index contributed by atoms with van der Waals surface area (Å²) in [6.07, 6.45) is 1.03. The summed E-state index contributed by atoms with van der Waals surface area (Å²) >= 11 is 0. The van der Waals surface area contributed by atoms with Gasteiger partial charge >= 0.3 is 0 Å². The first kappa shape index (κ1) is 18.1. The molecule has 0 unspecified atom stereocenters. The first-order chi connectivity index (χ1) is 9.69. The monoisotopic (exact) mass is 334 g/mol. The molecule has 2 N–H and O–H groups in total. The Hall–Kier alpha value is -0.960.